The second kappa shape index (κ2) is 9.82. The highest BCUT2D eigenvalue weighted by atomic mass is 35.5. The van der Waals surface area contributed by atoms with Crippen molar-refractivity contribution in [2.24, 2.45) is 0 Å². The van der Waals surface area contributed by atoms with Crippen LogP contribution in [-0.4, -0.2) is 43.5 Å². The van der Waals surface area contributed by atoms with Gasteiger partial charge in [-0.05, 0) is 44.0 Å². The monoisotopic (exact) mass is 325 g/mol. The lowest BCUT2D eigenvalue weighted by molar-refractivity contribution is -0.122. The van der Waals surface area contributed by atoms with Gasteiger partial charge in [0, 0.05) is 13.1 Å². The van der Waals surface area contributed by atoms with E-state index < -0.39 is 0 Å². The summed E-state index contributed by atoms with van der Waals surface area (Å²) in [6.45, 7) is 8.67. The average Bonchev–Trinajstić information content (AvgIpc) is 2.75. The Labute approximate surface area is 140 Å². The molecule has 1 aromatic rings. The summed E-state index contributed by atoms with van der Waals surface area (Å²) in [5.41, 5.74) is 2.49. The van der Waals surface area contributed by atoms with Gasteiger partial charge in [0.2, 0.25) is 5.91 Å². The fourth-order valence-electron chi connectivity index (χ4n) is 2.68. The van der Waals surface area contributed by atoms with Crippen LogP contribution in [0, 0.1) is 0 Å². The lowest BCUT2D eigenvalue weighted by atomic mass is 10.1. The normalized spacial score (nSPS) is 17.2. The van der Waals surface area contributed by atoms with E-state index in [1.54, 1.807) is 0 Å². The topological polar surface area (TPSA) is 44.4 Å². The molecule has 1 fully saturated rings. The minimum atomic E-state index is 0. The summed E-state index contributed by atoms with van der Waals surface area (Å²) in [7, 11) is 0. The number of nitrogens with zero attached hydrogens (tertiary/aromatic N) is 1. The second-order valence-corrected chi connectivity index (χ2v) is 5.76. The van der Waals surface area contributed by atoms with Crippen LogP contribution in [0.5, 0.6) is 0 Å². The second-order valence-electron chi connectivity index (χ2n) is 5.76. The summed E-state index contributed by atoms with van der Waals surface area (Å²) in [5.74, 6) is 0.115. The summed E-state index contributed by atoms with van der Waals surface area (Å²) in [4.78, 5) is 14.4. The third-order valence-electron chi connectivity index (χ3n) is 4.07. The molecule has 0 spiro atoms. The number of nitrogens with one attached hydrogen (secondary N) is 2. The van der Waals surface area contributed by atoms with Crippen LogP contribution >= 0.6 is 12.4 Å². The van der Waals surface area contributed by atoms with E-state index in [0.717, 1.165) is 44.6 Å². The van der Waals surface area contributed by atoms with Crippen molar-refractivity contribution in [3.63, 3.8) is 0 Å². The number of carbonyl (C=O) groups is 1. The lowest BCUT2D eigenvalue weighted by Crippen LogP contribution is -2.39. The molecule has 2 N–H and O–H groups in total. The van der Waals surface area contributed by atoms with E-state index in [1.165, 1.54) is 5.56 Å². The maximum absolute atomic E-state index is 12.2. The quantitative estimate of drug-likeness (QED) is 0.872. The molecule has 1 saturated heterocycles. The highest BCUT2D eigenvalue weighted by molar-refractivity contribution is 5.85. The van der Waals surface area contributed by atoms with Crippen LogP contribution < -0.4 is 10.6 Å². The van der Waals surface area contributed by atoms with Crippen LogP contribution in [0.4, 0.5) is 0 Å². The third-order valence-corrected chi connectivity index (χ3v) is 4.07. The molecule has 1 atom stereocenters. The van der Waals surface area contributed by atoms with Crippen molar-refractivity contribution in [3.05, 3.63) is 35.4 Å². The number of hydrogen-bond acceptors (Lipinski definition) is 3. The van der Waals surface area contributed by atoms with E-state index >= 15 is 0 Å². The number of hydrogen-bond donors (Lipinski definition) is 2. The van der Waals surface area contributed by atoms with E-state index in [0.29, 0.717) is 6.54 Å². The van der Waals surface area contributed by atoms with Crippen LogP contribution in [0.1, 0.15) is 37.4 Å². The van der Waals surface area contributed by atoms with Gasteiger partial charge < -0.3 is 10.6 Å². The molecule has 22 heavy (non-hydrogen) atoms. The van der Waals surface area contributed by atoms with Gasteiger partial charge in [0.1, 0.15) is 0 Å². The molecule has 2 rings (SSSR count). The van der Waals surface area contributed by atoms with Gasteiger partial charge in [-0.15, -0.1) is 12.4 Å². The van der Waals surface area contributed by atoms with Crippen molar-refractivity contribution < 1.29 is 4.79 Å². The van der Waals surface area contributed by atoms with Gasteiger partial charge in [-0.25, -0.2) is 0 Å². The summed E-state index contributed by atoms with van der Waals surface area (Å²) in [6.07, 6.45) is 2.16. The van der Waals surface area contributed by atoms with Crippen molar-refractivity contribution in [1.82, 2.24) is 15.5 Å². The molecule has 1 unspecified atom stereocenters. The predicted octanol–water partition coefficient (Wildman–Crippen LogP) is 2.14. The summed E-state index contributed by atoms with van der Waals surface area (Å²) in [5, 5.41) is 6.45. The Bertz CT molecular complexity index is 442. The molecule has 0 bridgehead atoms. The Hall–Kier alpha value is -1.10. The number of carbonyl (C=O) groups excluding carboxylic acids is 1. The fraction of sp³-hybridized carbons (Fsp3) is 0.588. The Morgan fingerprint density at radius 2 is 2.00 bits per heavy atom. The number of rotatable bonds is 5. The lowest BCUT2D eigenvalue weighted by Gasteiger charge is -2.21. The largest absolute Gasteiger partial charge is 0.348 e. The first kappa shape index (κ1) is 18.9. The molecule has 0 radical (unpaired) electrons. The molecule has 0 aliphatic carbocycles. The number of benzene rings is 1. The molecule has 5 heteroatoms. The molecule has 1 aromatic carbocycles. The molecule has 1 amide bonds. The Morgan fingerprint density at radius 1 is 1.27 bits per heavy atom. The molecule has 124 valence electrons. The van der Waals surface area contributed by atoms with E-state index in [1.807, 2.05) is 6.92 Å². The van der Waals surface area contributed by atoms with Crippen LogP contribution in [-0.2, 0) is 11.2 Å². The highest BCUT2D eigenvalue weighted by Crippen LogP contribution is 2.13. The van der Waals surface area contributed by atoms with E-state index in [9.17, 15) is 4.79 Å². The SMILES string of the molecule is CCc1ccc(C(C)NC(=O)CN2CCCNCC2)cc1.Cl. The van der Waals surface area contributed by atoms with Gasteiger partial charge in [-0.3, -0.25) is 9.69 Å². The van der Waals surface area contributed by atoms with Crippen LogP contribution in [0.3, 0.4) is 0 Å². The minimum Gasteiger partial charge on any atom is -0.348 e. The Balaban J connectivity index is 0.00000242. The Morgan fingerprint density at radius 3 is 2.68 bits per heavy atom. The first-order chi connectivity index (χ1) is 10.2. The van der Waals surface area contributed by atoms with E-state index in [-0.39, 0.29) is 24.4 Å². The number of aryl methyl sites for hydroxylation is 1. The highest BCUT2D eigenvalue weighted by Gasteiger charge is 2.15. The van der Waals surface area contributed by atoms with Gasteiger partial charge in [0.05, 0.1) is 12.6 Å². The van der Waals surface area contributed by atoms with Gasteiger partial charge in [0.15, 0.2) is 0 Å². The smallest absolute Gasteiger partial charge is 0.234 e. The number of halogens is 1. The standard InChI is InChI=1S/C17H27N3O.ClH/c1-3-15-5-7-16(8-6-15)14(2)19-17(21)13-20-11-4-9-18-10-12-20;/h5-8,14,18H,3-4,9-13H2,1-2H3,(H,19,21);1H. The summed E-state index contributed by atoms with van der Waals surface area (Å²) >= 11 is 0. The summed E-state index contributed by atoms with van der Waals surface area (Å²) < 4.78 is 0. The van der Waals surface area contributed by atoms with Gasteiger partial charge >= 0.3 is 0 Å². The molecular formula is C17H28ClN3O. The van der Waals surface area contributed by atoms with Gasteiger partial charge in [-0.1, -0.05) is 31.2 Å². The average molecular weight is 326 g/mol. The van der Waals surface area contributed by atoms with E-state index in [4.69, 9.17) is 0 Å². The molecule has 1 heterocycles. The molecule has 0 saturated carbocycles. The molecule has 0 aromatic heterocycles. The van der Waals surface area contributed by atoms with Crippen molar-refractivity contribution in [3.8, 4) is 0 Å². The fourth-order valence-corrected chi connectivity index (χ4v) is 2.68. The van der Waals surface area contributed by atoms with Crippen molar-refractivity contribution in [2.75, 3.05) is 32.7 Å². The maximum Gasteiger partial charge on any atom is 0.234 e. The first-order valence-corrected chi connectivity index (χ1v) is 8.00. The molecule has 4 nitrogen and oxygen atoms in total. The zero-order valence-electron chi connectivity index (χ0n) is 13.6. The maximum atomic E-state index is 12.2. The molecule has 1 aliphatic heterocycles. The molecular weight excluding hydrogens is 298 g/mol. The van der Waals surface area contributed by atoms with Crippen LogP contribution in [0.15, 0.2) is 24.3 Å². The minimum absolute atomic E-state index is 0. The van der Waals surface area contributed by atoms with Gasteiger partial charge in [-0.2, -0.15) is 0 Å². The zero-order chi connectivity index (χ0) is 15.1. The molecule has 1 aliphatic rings. The summed E-state index contributed by atoms with van der Waals surface area (Å²) in [6, 6.07) is 8.56. The predicted molar refractivity (Wildman–Crippen MR) is 93.6 cm³/mol. The van der Waals surface area contributed by atoms with Crippen molar-refractivity contribution in [1.29, 1.82) is 0 Å². The van der Waals surface area contributed by atoms with Gasteiger partial charge in [0.25, 0.3) is 0 Å². The third kappa shape index (κ3) is 5.95. The van der Waals surface area contributed by atoms with Crippen LogP contribution in [0.2, 0.25) is 0 Å². The van der Waals surface area contributed by atoms with Crippen molar-refractivity contribution in [2.45, 2.75) is 32.7 Å². The first-order valence-electron chi connectivity index (χ1n) is 8.00. The number of amides is 1. The van der Waals surface area contributed by atoms with Crippen LogP contribution in [0.25, 0.3) is 0 Å². The zero-order valence-corrected chi connectivity index (χ0v) is 14.4. The van der Waals surface area contributed by atoms with Crippen molar-refractivity contribution >= 4 is 18.3 Å². The van der Waals surface area contributed by atoms with E-state index in [2.05, 4.69) is 46.7 Å². The Kier molecular flexibility index (Phi) is 8.46.